The van der Waals surface area contributed by atoms with Crippen molar-refractivity contribution < 1.29 is 9.21 Å². The van der Waals surface area contributed by atoms with Crippen LogP contribution in [-0.4, -0.2) is 33.6 Å². The summed E-state index contributed by atoms with van der Waals surface area (Å²) in [5, 5.41) is 1.03. The zero-order chi connectivity index (χ0) is 16.5. The highest BCUT2D eigenvalue weighted by molar-refractivity contribution is 5.83. The lowest BCUT2D eigenvalue weighted by Gasteiger charge is -2.30. The van der Waals surface area contributed by atoms with Crippen molar-refractivity contribution in [3.63, 3.8) is 0 Å². The van der Waals surface area contributed by atoms with Crippen molar-refractivity contribution in [2.24, 2.45) is 0 Å². The summed E-state index contributed by atoms with van der Waals surface area (Å²) < 4.78 is 7.38. The molecule has 1 aromatic carbocycles. The summed E-state index contributed by atoms with van der Waals surface area (Å²) in [6.45, 7) is 0. The Morgan fingerprint density at radius 1 is 1.25 bits per heavy atom. The number of rotatable bonds is 2. The largest absolute Gasteiger partial charge is 0.454 e. The van der Waals surface area contributed by atoms with E-state index in [4.69, 9.17) is 4.42 Å². The highest BCUT2D eigenvalue weighted by Crippen LogP contribution is 2.27. The van der Waals surface area contributed by atoms with E-state index in [1.807, 2.05) is 42.3 Å². The molecule has 1 saturated carbocycles. The molecule has 0 saturated heterocycles. The van der Waals surface area contributed by atoms with Crippen LogP contribution in [0.4, 0.5) is 4.79 Å². The first-order valence-electron chi connectivity index (χ1n) is 8.52. The Bertz CT molecular complexity index is 825. The Morgan fingerprint density at radius 3 is 2.83 bits per heavy atom. The molecule has 2 heterocycles. The number of carbonyl (C=O) groups is 1. The van der Waals surface area contributed by atoms with Gasteiger partial charge in [-0.25, -0.2) is 9.78 Å². The predicted octanol–water partition coefficient (Wildman–Crippen LogP) is 4.53. The van der Waals surface area contributed by atoms with Gasteiger partial charge in [-0.05, 0) is 25.0 Å². The average molecular weight is 323 g/mol. The van der Waals surface area contributed by atoms with Gasteiger partial charge in [0.1, 0.15) is 17.6 Å². The molecule has 3 aromatic rings. The van der Waals surface area contributed by atoms with E-state index in [0.29, 0.717) is 17.5 Å². The maximum atomic E-state index is 12.7. The van der Waals surface area contributed by atoms with E-state index in [-0.39, 0.29) is 6.03 Å². The molecule has 0 aliphatic heterocycles. The second kappa shape index (κ2) is 6.15. The average Bonchev–Trinajstić information content (AvgIpc) is 3.27. The number of hydrogen-bond acceptors (Lipinski definition) is 3. The molecule has 124 valence electrons. The van der Waals surface area contributed by atoms with Crippen LogP contribution in [0.1, 0.15) is 32.1 Å². The third kappa shape index (κ3) is 2.70. The number of benzene rings is 1. The first kappa shape index (κ1) is 15.0. The van der Waals surface area contributed by atoms with Crippen molar-refractivity contribution in [2.75, 3.05) is 7.05 Å². The fourth-order valence-electron chi connectivity index (χ4n) is 3.47. The van der Waals surface area contributed by atoms with E-state index in [9.17, 15) is 4.79 Å². The van der Waals surface area contributed by atoms with Gasteiger partial charge < -0.3 is 9.32 Å². The third-order valence-electron chi connectivity index (χ3n) is 4.91. The molecule has 0 atom stereocenters. The number of nitrogens with zero attached hydrogens (tertiary/aromatic N) is 3. The molecule has 1 aliphatic carbocycles. The van der Waals surface area contributed by atoms with Gasteiger partial charge >= 0.3 is 6.03 Å². The smallest absolute Gasteiger partial charge is 0.329 e. The number of fused-ring (bicyclic) bond motifs is 1. The summed E-state index contributed by atoms with van der Waals surface area (Å²) in [6.07, 6.45) is 9.19. The van der Waals surface area contributed by atoms with Crippen molar-refractivity contribution in [1.82, 2.24) is 14.5 Å². The van der Waals surface area contributed by atoms with Gasteiger partial charge in [-0.2, -0.15) is 0 Å². The number of amides is 1. The van der Waals surface area contributed by atoms with Crippen LogP contribution in [0.15, 0.2) is 47.3 Å². The summed E-state index contributed by atoms with van der Waals surface area (Å²) in [5.74, 6) is 0.683. The maximum Gasteiger partial charge on any atom is 0.329 e. The van der Waals surface area contributed by atoms with Crippen LogP contribution in [0.25, 0.3) is 22.4 Å². The molecule has 5 nitrogen and oxygen atoms in total. The van der Waals surface area contributed by atoms with Gasteiger partial charge in [-0.3, -0.25) is 4.57 Å². The standard InChI is InChI=1S/C19H21N3O2/c1-21(15-8-3-2-4-9-15)19(23)22-12-16(20-13-22)18-11-14-7-5-6-10-17(14)24-18/h5-7,10-13,15H,2-4,8-9H2,1H3. The molecule has 0 radical (unpaired) electrons. The Hall–Kier alpha value is -2.56. The Morgan fingerprint density at radius 2 is 2.04 bits per heavy atom. The lowest BCUT2D eigenvalue weighted by molar-refractivity contribution is 0.175. The molecule has 1 amide bonds. The van der Waals surface area contributed by atoms with Crippen LogP contribution in [0.3, 0.4) is 0 Å². The highest BCUT2D eigenvalue weighted by Gasteiger charge is 2.23. The normalized spacial score (nSPS) is 15.7. The molecule has 0 spiro atoms. The second-order valence-corrected chi connectivity index (χ2v) is 6.50. The topological polar surface area (TPSA) is 51.3 Å². The number of carbonyl (C=O) groups excluding carboxylic acids is 1. The van der Waals surface area contributed by atoms with Gasteiger partial charge in [0, 0.05) is 24.7 Å². The Labute approximate surface area is 140 Å². The molecular weight excluding hydrogens is 302 g/mol. The fourth-order valence-corrected chi connectivity index (χ4v) is 3.47. The first-order valence-corrected chi connectivity index (χ1v) is 8.52. The van der Waals surface area contributed by atoms with Gasteiger partial charge in [0.15, 0.2) is 5.76 Å². The van der Waals surface area contributed by atoms with E-state index in [1.54, 1.807) is 17.1 Å². The van der Waals surface area contributed by atoms with Crippen LogP contribution in [0.2, 0.25) is 0 Å². The molecule has 2 aromatic heterocycles. The Kier molecular flexibility index (Phi) is 3.84. The van der Waals surface area contributed by atoms with Crippen molar-refractivity contribution in [2.45, 2.75) is 38.1 Å². The molecule has 1 aliphatic rings. The van der Waals surface area contributed by atoms with Crippen molar-refractivity contribution >= 4 is 17.0 Å². The summed E-state index contributed by atoms with van der Waals surface area (Å²) in [5.41, 5.74) is 1.50. The second-order valence-electron chi connectivity index (χ2n) is 6.50. The minimum Gasteiger partial charge on any atom is -0.454 e. The third-order valence-corrected chi connectivity index (χ3v) is 4.91. The van der Waals surface area contributed by atoms with Gasteiger partial charge in [0.05, 0.1) is 0 Å². The molecular formula is C19H21N3O2. The zero-order valence-corrected chi connectivity index (χ0v) is 13.8. The lowest BCUT2D eigenvalue weighted by atomic mass is 9.95. The number of imidazole rings is 1. The zero-order valence-electron chi connectivity index (χ0n) is 13.8. The predicted molar refractivity (Wildman–Crippen MR) is 92.9 cm³/mol. The van der Waals surface area contributed by atoms with Crippen molar-refractivity contribution in [1.29, 1.82) is 0 Å². The van der Waals surface area contributed by atoms with Crippen LogP contribution < -0.4 is 0 Å². The summed E-state index contributed by atoms with van der Waals surface area (Å²) >= 11 is 0. The fraction of sp³-hybridized carbons (Fsp3) is 0.368. The summed E-state index contributed by atoms with van der Waals surface area (Å²) in [4.78, 5) is 18.9. The van der Waals surface area contributed by atoms with Crippen LogP contribution in [0.5, 0.6) is 0 Å². The quantitative estimate of drug-likeness (QED) is 0.696. The summed E-state index contributed by atoms with van der Waals surface area (Å²) in [7, 11) is 1.89. The number of para-hydroxylation sites is 1. The Balaban J connectivity index is 1.56. The van der Waals surface area contributed by atoms with Crippen molar-refractivity contribution in [3.8, 4) is 11.5 Å². The molecule has 5 heteroatoms. The van der Waals surface area contributed by atoms with Crippen LogP contribution >= 0.6 is 0 Å². The monoisotopic (exact) mass is 323 g/mol. The van der Waals surface area contributed by atoms with Gasteiger partial charge in [-0.1, -0.05) is 37.5 Å². The molecule has 0 N–H and O–H groups in total. The van der Waals surface area contributed by atoms with E-state index >= 15 is 0 Å². The molecule has 4 rings (SSSR count). The number of aromatic nitrogens is 2. The van der Waals surface area contributed by atoms with E-state index in [2.05, 4.69) is 4.98 Å². The molecule has 0 unspecified atom stereocenters. The summed E-state index contributed by atoms with van der Waals surface area (Å²) in [6, 6.07) is 10.1. The van der Waals surface area contributed by atoms with E-state index in [1.165, 1.54) is 19.3 Å². The van der Waals surface area contributed by atoms with Crippen molar-refractivity contribution in [3.05, 3.63) is 42.9 Å². The van der Waals surface area contributed by atoms with E-state index < -0.39 is 0 Å². The van der Waals surface area contributed by atoms with E-state index in [0.717, 1.165) is 23.8 Å². The minimum atomic E-state index is -0.0308. The SMILES string of the molecule is CN(C(=O)n1cnc(-c2cc3ccccc3o2)c1)C1CCCCC1. The maximum absolute atomic E-state index is 12.7. The van der Waals surface area contributed by atoms with Gasteiger partial charge in [0.2, 0.25) is 0 Å². The van der Waals surface area contributed by atoms with Crippen LogP contribution in [0, 0.1) is 0 Å². The minimum absolute atomic E-state index is 0.0308. The highest BCUT2D eigenvalue weighted by atomic mass is 16.3. The molecule has 24 heavy (non-hydrogen) atoms. The van der Waals surface area contributed by atoms with Crippen LogP contribution in [-0.2, 0) is 0 Å². The lowest BCUT2D eigenvalue weighted by Crippen LogP contribution is -2.40. The van der Waals surface area contributed by atoms with Gasteiger partial charge in [-0.15, -0.1) is 0 Å². The molecule has 1 fully saturated rings. The molecule has 0 bridgehead atoms. The number of furan rings is 1. The van der Waals surface area contributed by atoms with Gasteiger partial charge in [0.25, 0.3) is 0 Å². The first-order chi connectivity index (χ1) is 11.7. The number of hydrogen-bond donors (Lipinski definition) is 0.